The molecule has 0 unspecified atom stereocenters. The molecule has 2 rings (SSSR count). The lowest BCUT2D eigenvalue weighted by atomic mass is 9.94. The lowest BCUT2D eigenvalue weighted by Crippen LogP contribution is -2.51. The molecule has 0 atom stereocenters. The number of hydrogen-bond donors (Lipinski definition) is 0. The van der Waals surface area contributed by atoms with Crippen molar-refractivity contribution in [3.05, 3.63) is 47.2 Å². The van der Waals surface area contributed by atoms with Crippen LogP contribution in [0.2, 0.25) is 0 Å². The zero-order valence-corrected chi connectivity index (χ0v) is 15.9. The Morgan fingerprint density at radius 1 is 1.12 bits per heavy atom. The molecule has 0 N–H and O–H groups in total. The molecular weight excluding hydrogens is 334 g/mol. The van der Waals surface area contributed by atoms with E-state index in [4.69, 9.17) is 9.47 Å². The van der Waals surface area contributed by atoms with E-state index in [1.165, 1.54) is 0 Å². The summed E-state index contributed by atoms with van der Waals surface area (Å²) >= 11 is 0. The predicted octanol–water partition coefficient (Wildman–Crippen LogP) is 3.81. The molecule has 6 heteroatoms. The third-order valence-corrected chi connectivity index (χ3v) is 3.57. The first-order chi connectivity index (χ1) is 12.1. The van der Waals surface area contributed by atoms with Gasteiger partial charge in [-0.25, -0.2) is 14.5 Å². The number of esters is 1. The molecule has 1 aliphatic rings. The quantitative estimate of drug-likeness (QED) is 0.748. The number of benzene rings is 1. The molecule has 6 nitrogen and oxygen atoms in total. The van der Waals surface area contributed by atoms with E-state index in [2.05, 4.69) is 0 Å². The first-order valence-corrected chi connectivity index (χ1v) is 8.61. The van der Waals surface area contributed by atoms with E-state index >= 15 is 0 Å². The highest BCUT2D eigenvalue weighted by Gasteiger charge is 2.47. The van der Waals surface area contributed by atoms with Gasteiger partial charge in [-0.3, -0.25) is 4.79 Å². The summed E-state index contributed by atoms with van der Waals surface area (Å²) in [5, 5.41) is 0. The van der Waals surface area contributed by atoms with E-state index in [0.29, 0.717) is 12.0 Å². The van der Waals surface area contributed by atoms with Crippen LogP contribution in [0.4, 0.5) is 4.79 Å². The molecule has 140 valence electrons. The summed E-state index contributed by atoms with van der Waals surface area (Å²) in [5.41, 5.74) is 0.337. The summed E-state index contributed by atoms with van der Waals surface area (Å²) in [6, 6.07) is 9.20. The smallest absolute Gasteiger partial charge is 0.422 e. The van der Waals surface area contributed by atoms with Crippen LogP contribution >= 0.6 is 0 Å². The van der Waals surface area contributed by atoms with Crippen LogP contribution in [0.25, 0.3) is 0 Å². The molecule has 1 aromatic rings. The van der Waals surface area contributed by atoms with E-state index < -0.39 is 23.6 Å². The number of ether oxygens (including phenoxy) is 2. The average Bonchev–Trinajstić information content (AvgIpc) is 2.54. The highest BCUT2D eigenvalue weighted by molar-refractivity contribution is 6.19. The number of rotatable bonds is 5. The van der Waals surface area contributed by atoms with Gasteiger partial charge < -0.3 is 9.47 Å². The van der Waals surface area contributed by atoms with Gasteiger partial charge in [0.2, 0.25) is 0 Å². The third-order valence-electron chi connectivity index (χ3n) is 3.57. The minimum absolute atomic E-state index is 0.0196. The van der Waals surface area contributed by atoms with E-state index in [-0.39, 0.29) is 18.2 Å². The second kappa shape index (κ2) is 7.72. The molecule has 26 heavy (non-hydrogen) atoms. The second-order valence-electron chi connectivity index (χ2n) is 7.61. The standard InChI is InChI=1S/C20H25NO5/c1-13(2)11-15-16(18(23)25-12-14-9-7-6-8-10-14)21(17(15)22)19(24)26-20(3,4)5/h6-10,13H,11-12H2,1-5H3. The van der Waals surface area contributed by atoms with Gasteiger partial charge in [0.05, 0.1) is 5.57 Å². The molecule has 1 heterocycles. The molecule has 0 saturated heterocycles. The zero-order chi connectivity index (χ0) is 19.5. The maximum atomic E-state index is 12.5. The van der Waals surface area contributed by atoms with Gasteiger partial charge in [-0.15, -0.1) is 0 Å². The van der Waals surface area contributed by atoms with E-state index in [0.717, 1.165) is 10.5 Å². The van der Waals surface area contributed by atoms with Crippen molar-refractivity contribution >= 4 is 18.0 Å². The normalized spacial score (nSPS) is 14.4. The van der Waals surface area contributed by atoms with Gasteiger partial charge in [0.1, 0.15) is 17.9 Å². The fraction of sp³-hybridized carbons (Fsp3) is 0.450. The molecule has 0 bridgehead atoms. The number of carbonyl (C=O) groups excluding carboxylic acids is 3. The average molecular weight is 359 g/mol. The Balaban J connectivity index is 2.19. The lowest BCUT2D eigenvalue weighted by molar-refractivity contribution is -0.147. The van der Waals surface area contributed by atoms with Gasteiger partial charge >= 0.3 is 12.1 Å². The van der Waals surface area contributed by atoms with Crippen molar-refractivity contribution in [2.24, 2.45) is 5.92 Å². The van der Waals surface area contributed by atoms with Crippen molar-refractivity contribution in [3.8, 4) is 0 Å². The highest BCUT2D eigenvalue weighted by Crippen LogP contribution is 2.33. The molecular formula is C20H25NO5. The number of imide groups is 1. The predicted molar refractivity (Wildman–Crippen MR) is 95.8 cm³/mol. The van der Waals surface area contributed by atoms with E-state index in [9.17, 15) is 14.4 Å². The summed E-state index contributed by atoms with van der Waals surface area (Å²) in [6.45, 7) is 9.02. The summed E-state index contributed by atoms with van der Waals surface area (Å²) < 4.78 is 10.5. The Hall–Kier alpha value is -2.63. The minimum atomic E-state index is -0.860. The van der Waals surface area contributed by atoms with Crippen molar-refractivity contribution < 1.29 is 23.9 Å². The van der Waals surface area contributed by atoms with Crippen LogP contribution in [0.15, 0.2) is 41.6 Å². The van der Waals surface area contributed by atoms with Gasteiger partial charge in [0.15, 0.2) is 0 Å². The summed E-state index contributed by atoms with van der Waals surface area (Å²) in [4.78, 5) is 38.0. The highest BCUT2D eigenvalue weighted by atomic mass is 16.6. The van der Waals surface area contributed by atoms with E-state index in [1.54, 1.807) is 20.8 Å². The molecule has 0 saturated carbocycles. The number of amides is 2. The Labute approximate surface area is 153 Å². The molecule has 0 radical (unpaired) electrons. The first-order valence-electron chi connectivity index (χ1n) is 8.61. The Morgan fingerprint density at radius 3 is 2.27 bits per heavy atom. The Bertz CT molecular complexity index is 728. The minimum Gasteiger partial charge on any atom is -0.456 e. The number of carbonyl (C=O) groups is 3. The number of hydrogen-bond acceptors (Lipinski definition) is 5. The largest absolute Gasteiger partial charge is 0.456 e. The van der Waals surface area contributed by atoms with Crippen LogP contribution < -0.4 is 0 Å². The lowest BCUT2D eigenvalue weighted by Gasteiger charge is -2.35. The van der Waals surface area contributed by atoms with Crippen molar-refractivity contribution in [2.45, 2.75) is 53.2 Å². The summed E-state index contributed by atoms with van der Waals surface area (Å²) in [7, 11) is 0. The van der Waals surface area contributed by atoms with Crippen molar-refractivity contribution in [2.75, 3.05) is 0 Å². The topological polar surface area (TPSA) is 72.9 Å². The third kappa shape index (κ3) is 4.71. The van der Waals surface area contributed by atoms with Crippen LogP contribution in [-0.2, 0) is 25.7 Å². The monoisotopic (exact) mass is 359 g/mol. The zero-order valence-electron chi connectivity index (χ0n) is 15.9. The van der Waals surface area contributed by atoms with Crippen molar-refractivity contribution in [1.29, 1.82) is 0 Å². The molecule has 0 spiro atoms. The molecule has 0 aliphatic carbocycles. The van der Waals surface area contributed by atoms with Crippen molar-refractivity contribution in [1.82, 2.24) is 4.90 Å². The van der Waals surface area contributed by atoms with Crippen LogP contribution in [0.3, 0.4) is 0 Å². The second-order valence-corrected chi connectivity index (χ2v) is 7.61. The SMILES string of the molecule is CC(C)CC1=C(C(=O)OCc2ccccc2)N(C(=O)OC(C)(C)C)C1=O. The van der Waals surface area contributed by atoms with Crippen LogP contribution in [0.5, 0.6) is 0 Å². The fourth-order valence-electron chi connectivity index (χ4n) is 2.50. The van der Waals surface area contributed by atoms with Gasteiger partial charge in [0.25, 0.3) is 5.91 Å². The number of nitrogens with zero attached hydrogens (tertiary/aromatic N) is 1. The van der Waals surface area contributed by atoms with Gasteiger partial charge in [0, 0.05) is 0 Å². The molecule has 0 fully saturated rings. The van der Waals surface area contributed by atoms with Gasteiger partial charge in [-0.2, -0.15) is 0 Å². The molecule has 0 aromatic heterocycles. The summed E-state index contributed by atoms with van der Waals surface area (Å²) in [6.07, 6.45) is -0.463. The molecule has 1 aliphatic heterocycles. The molecule has 2 amide bonds. The maximum absolute atomic E-state index is 12.5. The van der Waals surface area contributed by atoms with Crippen molar-refractivity contribution in [3.63, 3.8) is 0 Å². The van der Waals surface area contributed by atoms with Gasteiger partial charge in [-0.1, -0.05) is 44.2 Å². The Kier molecular flexibility index (Phi) is 5.85. The van der Waals surface area contributed by atoms with Crippen LogP contribution in [-0.4, -0.2) is 28.5 Å². The van der Waals surface area contributed by atoms with Gasteiger partial charge in [-0.05, 0) is 38.7 Å². The van der Waals surface area contributed by atoms with Crippen LogP contribution in [0.1, 0.15) is 46.6 Å². The Morgan fingerprint density at radius 2 is 1.73 bits per heavy atom. The first kappa shape index (κ1) is 19.7. The fourth-order valence-corrected chi connectivity index (χ4v) is 2.50. The van der Waals surface area contributed by atoms with Crippen LogP contribution in [0, 0.1) is 5.92 Å². The van der Waals surface area contributed by atoms with E-state index in [1.807, 2.05) is 44.2 Å². The molecule has 1 aromatic carbocycles. The summed E-state index contributed by atoms with van der Waals surface area (Å²) in [5.74, 6) is -1.04. The maximum Gasteiger partial charge on any atom is 0.422 e.